The molecule has 2 aromatic carbocycles. The van der Waals surface area contributed by atoms with E-state index in [0.29, 0.717) is 24.5 Å². The highest BCUT2D eigenvalue weighted by atomic mass is 16.5. The van der Waals surface area contributed by atoms with Crippen molar-refractivity contribution in [3.8, 4) is 5.75 Å². The molecule has 0 aromatic heterocycles. The summed E-state index contributed by atoms with van der Waals surface area (Å²) in [5.41, 5.74) is 2.33. The Labute approximate surface area is 159 Å². The monoisotopic (exact) mass is 368 g/mol. The second-order valence-electron chi connectivity index (χ2n) is 6.32. The molecule has 6 heteroatoms. The molecule has 1 aliphatic heterocycles. The lowest BCUT2D eigenvalue weighted by molar-refractivity contribution is -0.116. The van der Waals surface area contributed by atoms with E-state index in [-0.39, 0.29) is 24.5 Å². The van der Waals surface area contributed by atoms with Gasteiger partial charge in [0.1, 0.15) is 5.75 Å². The van der Waals surface area contributed by atoms with Crippen LogP contribution in [0.25, 0.3) is 0 Å². The highest BCUT2D eigenvalue weighted by Crippen LogP contribution is 2.26. The summed E-state index contributed by atoms with van der Waals surface area (Å²) in [7, 11) is 1.58. The number of ketones is 1. The zero-order chi connectivity index (χ0) is 19.1. The molecule has 1 heterocycles. The number of methoxy groups -OCH3 is 1. The van der Waals surface area contributed by atoms with Crippen LogP contribution in [0.1, 0.15) is 23.2 Å². The van der Waals surface area contributed by atoms with Gasteiger partial charge in [-0.25, -0.2) is 0 Å². The molecule has 0 aliphatic carbocycles. The molecule has 1 amide bonds. The number of amides is 1. The van der Waals surface area contributed by atoms with E-state index in [1.54, 1.807) is 31.4 Å². The lowest BCUT2D eigenvalue weighted by Gasteiger charge is -2.30. The summed E-state index contributed by atoms with van der Waals surface area (Å²) in [5, 5.41) is 2.94. The average molecular weight is 368 g/mol. The van der Waals surface area contributed by atoms with E-state index < -0.39 is 0 Å². The standard InChI is InChI=1S/C21H24N2O4/c1-26-17-8-6-16(7-9-17)20(24)10-11-21(25)22-18-4-2-3-5-19(18)23-12-14-27-15-13-23/h2-9H,10-15H2,1H3,(H,22,25). The maximum Gasteiger partial charge on any atom is 0.224 e. The first-order valence-corrected chi connectivity index (χ1v) is 9.06. The summed E-state index contributed by atoms with van der Waals surface area (Å²) in [6.45, 7) is 2.95. The minimum Gasteiger partial charge on any atom is -0.497 e. The van der Waals surface area contributed by atoms with E-state index in [9.17, 15) is 9.59 Å². The Morgan fingerprint density at radius 2 is 1.74 bits per heavy atom. The normalized spacial score (nSPS) is 13.9. The zero-order valence-electron chi connectivity index (χ0n) is 15.4. The molecule has 0 unspecified atom stereocenters. The Balaban J connectivity index is 1.57. The van der Waals surface area contributed by atoms with Crippen LogP contribution in [0.2, 0.25) is 0 Å². The second kappa shape index (κ2) is 9.19. The van der Waals surface area contributed by atoms with E-state index in [4.69, 9.17) is 9.47 Å². The number of hydrogen-bond donors (Lipinski definition) is 1. The summed E-state index contributed by atoms with van der Waals surface area (Å²) < 4.78 is 10.5. The van der Waals surface area contributed by atoms with Crippen LogP contribution in [-0.2, 0) is 9.53 Å². The molecule has 0 atom stereocenters. The fraction of sp³-hybridized carbons (Fsp3) is 0.333. The number of benzene rings is 2. The van der Waals surface area contributed by atoms with Crippen molar-refractivity contribution in [1.82, 2.24) is 0 Å². The van der Waals surface area contributed by atoms with Crippen LogP contribution in [0, 0.1) is 0 Å². The summed E-state index contributed by atoms with van der Waals surface area (Å²) in [6.07, 6.45) is 0.306. The van der Waals surface area contributed by atoms with Crippen LogP contribution in [0.4, 0.5) is 11.4 Å². The van der Waals surface area contributed by atoms with Crippen LogP contribution < -0.4 is 15.0 Å². The molecule has 0 saturated carbocycles. The van der Waals surface area contributed by atoms with Gasteiger partial charge in [-0.15, -0.1) is 0 Å². The van der Waals surface area contributed by atoms with Crippen molar-refractivity contribution in [2.45, 2.75) is 12.8 Å². The molecule has 1 N–H and O–H groups in total. The summed E-state index contributed by atoms with van der Waals surface area (Å²) >= 11 is 0. The van der Waals surface area contributed by atoms with E-state index in [1.165, 1.54) is 0 Å². The topological polar surface area (TPSA) is 67.9 Å². The lowest BCUT2D eigenvalue weighted by Crippen LogP contribution is -2.36. The molecule has 3 rings (SSSR count). The van der Waals surface area contributed by atoms with Crippen molar-refractivity contribution in [3.63, 3.8) is 0 Å². The molecule has 27 heavy (non-hydrogen) atoms. The Hall–Kier alpha value is -2.86. The van der Waals surface area contributed by atoms with Gasteiger partial charge >= 0.3 is 0 Å². The number of carbonyl (C=O) groups excluding carboxylic acids is 2. The predicted octanol–water partition coefficient (Wildman–Crippen LogP) is 3.13. The van der Waals surface area contributed by atoms with Crippen molar-refractivity contribution in [1.29, 1.82) is 0 Å². The smallest absolute Gasteiger partial charge is 0.224 e. The molecular formula is C21H24N2O4. The van der Waals surface area contributed by atoms with E-state index >= 15 is 0 Å². The molecule has 6 nitrogen and oxygen atoms in total. The average Bonchev–Trinajstić information content (AvgIpc) is 2.73. The van der Waals surface area contributed by atoms with Crippen LogP contribution in [-0.4, -0.2) is 45.1 Å². The number of carbonyl (C=O) groups is 2. The van der Waals surface area contributed by atoms with E-state index in [0.717, 1.165) is 24.5 Å². The molecule has 1 aliphatic rings. The van der Waals surface area contributed by atoms with Gasteiger partial charge in [-0.05, 0) is 36.4 Å². The van der Waals surface area contributed by atoms with Crippen molar-refractivity contribution in [2.75, 3.05) is 43.6 Å². The molecule has 1 fully saturated rings. The fourth-order valence-corrected chi connectivity index (χ4v) is 3.02. The van der Waals surface area contributed by atoms with Crippen LogP contribution in [0.3, 0.4) is 0 Å². The highest BCUT2D eigenvalue weighted by Gasteiger charge is 2.16. The number of nitrogens with zero attached hydrogens (tertiary/aromatic N) is 1. The summed E-state index contributed by atoms with van der Waals surface area (Å²) in [6, 6.07) is 14.6. The molecular weight excluding hydrogens is 344 g/mol. The summed E-state index contributed by atoms with van der Waals surface area (Å²) in [5.74, 6) is 0.468. The van der Waals surface area contributed by atoms with Crippen molar-refractivity contribution in [2.24, 2.45) is 0 Å². The first-order valence-electron chi connectivity index (χ1n) is 9.06. The van der Waals surface area contributed by atoms with Crippen LogP contribution in [0.15, 0.2) is 48.5 Å². The Kier molecular flexibility index (Phi) is 6.44. The third-order valence-electron chi connectivity index (χ3n) is 4.52. The molecule has 0 bridgehead atoms. The van der Waals surface area contributed by atoms with Crippen molar-refractivity contribution in [3.05, 3.63) is 54.1 Å². The van der Waals surface area contributed by atoms with Gasteiger partial charge < -0.3 is 19.7 Å². The molecule has 1 saturated heterocycles. The van der Waals surface area contributed by atoms with Gasteiger partial charge in [0.15, 0.2) is 5.78 Å². The maximum atomic E-state index is 12.4. The van der Waals surface area contributed by atoms with Gasteiger partial charge in [0, 0.05) is 31.5 Å². The number of para-hydroxylation sites is 2. The number of rotatable bonds is 7. The Morgan fingerprint density at radius 1 is 1.04 bits per heavy atom. The van der Waals surface area contributed by atoms with Crippen LogP contribution in [0.5, 0.6) is 5.75 Å². The second-order valence-corrected chi connectivity index (χ2v) is 6.32. The molecule has 0 spiro atoms. The van der Waals surface area contributed by atoms with Gasteiger partial charge in [0.25, 0.3) is 0 Å². The number of morpholine rings is 1. The van der Waals surface area contributed by atoms with Gasteiger partial charge in [0.05, 0.1) is 31.7 Å². The predicted molar refractivity (Wildman–Crippen MR) is 105 cm³/mol. The van der Waals surface area contributed by atoms with Crippen LogP contribution >= 0.6 is 0 Å². The lowest BCUT2D eigenvalue weighted by atomic mass is 10.1. The number of Topliss-reactive ketones (excluding diaryl/α,β-unsaturated/α-hetero) is 1. The molecule has 0 radical (unpaired) electrons. The molecule has 2 aromatic rings. The van der Waals surface area contributed by atoms with Gasteiger partial charge in [-0.2, -0.15) is 0 Å². The van der Waals surface area contributed by atoms with E-state index in [2.05, 4.69) is 10.2 Å². The Morgan fingerprint density at radius 3 is 2.44 bits per heavy atom. The minimum absolute atomic E-state index is 0.0609. The zero-order valence-corrected chi connectivity index (χ0v) is 15.4. The first kappa shape index (κ1) is 18.9. The third-order valence-corrected chi connectivity index (χ3v) is 4.52. The SMILES string of the molecule is COc1ccc(C(=O)CCC(=O)Nc2ccccc2N2CCOCC2)cc1. The maximum absolute atomic E-state index is 12.4. The quantitative estimate of drug-likeness (QED) is 0.761. The minimum atomic E-state index is -0.169. The number of ether oxygens (including phenoxy) is 2. The van der Waals surface area contributed by atoms with Crippen molar-refractivity contribution >= 4 is 23.1 Å². The third kappa shape index (κ3) is 5.08. The fourth-order valence-electron chi connectivity index (χ4n) is 3.02. The highest BCUT2D eigenvalue weighted by molar-refractivity contribution is 6.01. The largest absolute Gasteiger partial charge is 0.497 e. The first-order chi connectivity index (χ1) is 13.2. The van der Waals surface area contributed by atoms with Gasteiger partial charge in [0.2, 0.25) is 5.91 Å². The van der Waals surface area contributed by atoms with Gasteiger partial charge in [-0.3, -0.25) is 9.59 Å². The number of hydrogen-bond acceptors (Lipinski definition) is 5. The van der Waals surface area contributed by atoms with Gasteiger partial charge in [-0.1, -0.05) is 12.1 Å². The van der Waals surface area contributed by atoms with Crippen molar-refractivity contribution < 1.29 is 19.1 Å². The number of anilines is 2. The van der Waals surface area contributed by atoms with E-state index in [1.807, 2.05) is 24.3 Å². The molecule has 142 valence electrons. The Bertz CT molecular complexity index is 783. The summed E-state index contributed by atoms with van der Waals surface area (Å²) in [4.78, 5) is 26.8. The number of nitrogens with one attached hydrogen (secondary N) is 1.